The molecule has 1 N–H and O–H groups in total. The Morgan fingerprint density at radius 2 is 1.94 bits per heavy atom. The van der Waals surface area contributed by atoms with Crippen molar-refractivity contribution in [3.63, 3.8) is 0 Å². The second-order valence-electron chi connectivity index (χ2n) is 5.50. The molecular formula is C14H30N2O. The minimum absolute atomic E-state index is 0.579. The van der Waals surface area contributed by atoms with Crippen LogP contribution in [0.3, 0.4) is 0 Å². The first-order valence-corrected chi connectivity index (χ1v) is 7.14. The summed E-state index contributed by atoms with van der Waals surface area (Å²) in [6.45, 7) is 11.4. The van der Waals surface area contributed by atoms with E-state index in [1.165, 1.54) is 38.9 Å². The molecule has 1 fully saturated rings. The highest BCUT2D eigenvalue weighted by molar-refractivity contribution is 4.79. The Morgan fingerprint density at radius 3 is 2.41 bits per heavy atom. The molecule has 0 saturated carbocycles. The normalized spacial score (nSPS) is 20.1. The molecule has 0 radical (unpaired) electrons. The van der Waals surface area contributed by atoms with Gasteiger partial charge in [0, 0.05) is 25.7 Å². The maximum absolute atomic E-state index is 5.36. The monoisotopic (exact) mass is 242 g/mol. The molecule has 1 saturated heterocycles. The number of hydrogen-bond acceptors (Lipinski definition) is 3. The van der Waals surface area contributed by atoms with Gasteiger partial charge >= 0.3 is 0 Å². The van der Waals surface area contributed by atoms with Gasteiger partial charge in [-0.3, -0.25) is 4.90 Å². The molecule has 102 valence electrons. The van der Waals surface area contributed by atoms with E-state index >= 15 is 0 Å². The lowest BCUT2D eigenvalue weighted by molar-refractivity contribution is 0.0518. The summed E-state index contributed by atoms with van der Waals surface area (Å²) < 4.78 is 5.36. The maximum atomic E-state index is 5.36. The Bertz CT molecular complexity index is 191. The highest BCUT2D eigenvalue weighted by atomic mass is 16.5. The second-order valence-corrected chi connectivity index (χ2v) is 5.50. The lowest BCUT2D eigenvalue weighted by atomic mass is 9.96. The van der Waals surface area contributed by atoms with Gasteiger partial charge in [0.1, 0.15) is 0 Å². The van der Waals surface area contributed by atoms with Gasteiger partial charge in [0.15, 0.2) is 0 Å². The van der Waals surface area contributed by atoms with Gasteiger partial charge in [0.25, 0.3) is 0 Å². The van der Waals surface area contributed by atoms with Crippen LogP contribution in [0.1, 0.15) is 40.0 Å². The van der Waals surface area contributed by atoms with Crippen molar-refractivity contribution >= 4 is 0 Å². The molecule has 0 amide bonds. The number of rotatable bonds is 7. The van der Waals surface area contributed by atoms with Crippen molar-refractivity contribution in [2.24, 2.45) is 5.92 Å². The molecule has 1 aliphatic heterocycles. The zero-order chi connectivity index (χ0) is 12.7. The van der Waals surface area contributed by atoms with Crippen molar-refractivity contribution in [2.75, 3.05) is 33.4 Å². The fourth-order valence-electron chi connectivity index (χ4n) is 2.78. The summed E-state index contributed by atoms with van der Waals surface area (Å²) in [6, 6.07) is 1.19. The summed E-state index contributed by atoms with van der Waals surface area (Å²) in [6.07, 6.45) is 3.83. The molecule has 1 heterocycles. The Kier molecular flexibility index (Phi) is 7.09. The summed E-state index contributed by atoms with van der Waals surface area (Å²) in [5.41, 5.74) is 0. The van der Waals surface area contributed by atoms with Crippen LogP contribution in [0.4, 0.5) is 0 Å². The first-order valence-electron chi connectivity index (χ1n) is 7.14. The Balaban J connectivity index is 2.50. The van der Waals surface area contributed by atoms with E-state index in [9.17, 15) is 0 Å². The van der Waals surface area contributed by atoms with Crippen molar-refractivity contribution in [1.29, 1.82) is 0 Å². The second kappa shape index (κ2) is 8.06. The average molecular weight is 242 g/mol. The Labute approximate surface area is 107 Å². The first kappa shape index (κ1) is 14.9. The van der Waals surface area contributed by atoms with Crippen LogP contribution >= 0.6 is 0 Å². The van der Waals surface area contributed by atoms with Gasteiger partial charge in [-0.2, -0.15) is 0 Å². The fraction of sp³-hybridized carbons (Fsp3) is 1.00. The van der Waals surface area contributed by atoms with Gasteiger partial charge in [0.2, 0.25) is 0 Å². The van der Waals surface area contributed by atoms with Gasteiger partial charge < -0.3 is 10.1 Å². The van der Waals surface area contributed by atoms with Gasteiger partial charge in [-0.05, 0) is 52.1 Å². The van der Waals surface area contributed by atoms with Crippen LogP contribution < -0.4 is 5.32 Å². The predicted molar refractivity (Wildman–Crippen MR) is 73.4 cm³/mol. The third-order valence-corrected chi connectivity index (χ3v) is 3.89. The summed E-state index contributed by atoms with van der Waals surface area (Å²) in [5.74, 6) is 0.865. The topological polar surface area (TPSA) is 24.5 Å². The number of nitrogens with one attached hydrogen (secondary N) is 1. The SMILES string of the molecule is CCC(COC)N(CC1CCNCC1)C(C)C. The number of nitrogens with zero attached hydrogens (tertiary/aromatic N) is 1. The molecule has 0 aromatic rings. The molecule has 1 rings (SSSR count). The van der Waals surface area contributed by atoms with Gasteiger partial charge in [-0.1, -0.05) is 6.92 Å². The summed E-state index contributed by atoms with van der Waals surface area (Å²) in [7, 11) is 1.81. The zero-order valence-electron chi connectivity index (χ0n) is 12.0. The van der Waals surface area contributed by atoms with E-state index < -0.39 is 0 Å². The van der Waals surface area contributed by atoms with E-state index in [1.54, 1.807) is 0 Å². The molecule has 0 spiro atoms. The molecule has 17 heavy (non-hydrogen) atoms. The first-order chi connectivity index (χ1) is 8.19. The predicted octanol–water partition coefficient (Wildman–Crippen LogP) is 2.12. The van der Waals surface area contributed by atoms with E-state index in [4.69, 9.17) is 4.74 Å². The van der Waals surface area contributed by atoms with Crippen LogP contribution in [0.2, 0.25) is 0 Å². The molecule has 1 atom stereocenters. The van der Waals surface area contributed by atoms with Gasteiger partial charge in [0.05, 0.1) is 6.61 Å². The molecule has 1 unspecified atom stereocenters. The number of ether oxygens (including phenoxy) is 1. The minimum atomic E-state index is 0.579. The van der Waals surface area contributed by atoms with E-state index in [0.717, 1.165) is 12.5 Å². The van der Waals surface area contributed by atoms with Crippen LogP contribution in [-0.2, 0) is 4.74 Å². The molecule has 0 aromatic heterocycles. The smallest absolute Gasteiger partial charge is 0.0618 e. The van der Waals surface area contributed by atoms with Crippen LogP contribution in [0.15, 0.2) is 0 Å². The minimum Gasteiger partial charge on any atom is -0.383 e. The van der Waals surface area contributed by atoms with Gasteiger partial charge in [-0.15, -0.1) is 0 Å². The molecule has 3 nitrogen and oxygen atoms in total. The lowest BCUT2D eigenvalue weighted by Crippen LogP contribution is -2.46. The fourth-order valence-corrected chi connectivity index (χ4v) is 2.78. The third-order valence-electron chi connectivity index (χ3n) is 3.89. The quantitative estimate of drug-likeness (QED) is 0.740. The van der Waals surface area contributed by atoms with E-state index in [2.05, 4.69) is 31.0 Å². The van der Waals surface area contributed by atoms with Crippen molar-refractivity contribution in [1.82, 2.24) is 10.2 Å². The van der Waals surface area contributed by atoms with E-state index in [0.29, 0.717) is 12.1 Å². The molecule has 1 aliphatic rings. The molecule has 0 aliphatic carbocycles. The van der Waals surface area contributed by atoms with Gasteiger partial charge in [-0.25, -0.2) is 0 Å². The summed E-state index contributed by atoms with van der Waals surface area (Å²) >= 11 is 0. The average Bonchev–Trinajstić information content (AvgIpc) is 2.34. The zero-order valence-corrected chi connectivity index (χ0v) is 12.0. The number of hydrogen-bond donors (Lipinski definition) is 1. The molecule has 0 aromatic carbocycles. The molecule has 0 bridgehead atoms. The van der Waals surface area contributed by atoms with Crippen LogP contribution in [0, 0.1) is 5.92 Å². The number of piperidine rings is 1. The van der Waals surface area contributed by atoms with Crippen molar-refractivity contribution in [2.45, 2.75) is 52.1 Å². The van der Waals surface area contributed by atoms with E-state index in [-0.39, 0.29) is 0 Å². The third kappa shape index (κ3) is 4.94. The number of methoxy groups -OCH3 is 1. The van der Waals surface area contributed by atoms with Crippen LogP contribution in [0.5, 0.6) is 0 Å². The summed E-state index contributed by atoms with van der Waals surface area (Å²) in [4.78, 5) is 2.64. The Morgan fingerprint density at radius 1 is 1.29 bits per heavy atom. The van der Waals surface area contributed by atoms with Crippen molar-refractivity contribution < 1.29 is 4.74 Å². The lowest BCUT2D eigenvalue weighted by Gasteiger charge is -2.38. The van der Waals surface area contributed by atoms with Crippen molar-refractivity contribution in [3.05, 3.63) is 0 Å². The Hall–Kier alpha value is -0.120. The summed E-state index contributed by atoms with van der Waals surface area (Å²) in [5, 5.41) is 3.44. The molecular weight excluding hydrogens is 212 g/mol. The molecule has 3 heteroatoms. The highest BCUT2D eigenvalue weighted by Crippen LogP contribution is 2.18. The highest BCUT2D eigenvalue weighted by Gasteiger charge is 2.24. The van der Waals surface area contributed by atoms with Crippen molar-refractivity contribution in [3.8, 4) is 0 Å². The largest absolute Gasteiger partial charge is 0.383 e. The van der Waals surface area contributed by atoms with E-state index in [1.807, 2.05) is 7.11 Å². The maximum Gasteiger partial charge on any atom is 0.0618 e. The van der Waals surface area contributed by atoms with Crippen LogP contribution in [-0.4, -0.2) is 50.3 Å². The standard InChI is InChI=1S/C14H30N2O/c1-5-14(11-17-4)16(12(2)3)10-13-6-8-15-9-7-13/h12-15H,5-11H2,1-4H3. The van der Waals surface area contributed by atoms with Crippen LogP contribution in [0.25, 0.3) is 0 Å².